The van der Waals surface area contributed by atoms with Crippen LogP contribution in [0.4, 0.5) is 10.6 Å². The van der Waals surface area contributed by atoms with E-state index in [2.05, 4.69) is 20.5 Å². The van der Waals surface area contributed by atoms with E-state index in [1.807, 2.05) is 11.0 Å². The maximum Gasteiger partial charge on any atom is 0.339 e. The Morgan fingerprint density at radius 1 is 1.10 bits per heavy atom. The molecule has 30 heavy (non-hydrogen) atoms. The fourth-order valence-corrected chi connectivity index (χ4v) is 3.93. The zero-order chi connectivity index (χ0) is 21.3. The first-order valence-corrected chi connectivity index (χ1v) is 10.8. The van der Waals surface area contributed by atoms with Gasteiger partial charge in [0, 0.05) is 38.4 Å². The van der Waals surface area contributed by atoms with Crippen LogP contribution in [-0.2, 0) is 9.53 Å². The molecule has 2 N–H and O–H groups in total. The molecule has 0 spiro atoms. The van der Waals surface area contributed by atoms with Crippen molar-refractivity contribution in [3.63, 3.8) is 0 Å². The van der Waals surface area contributed by atoms with Crippen LogP contribution < -0.4 is 15.5 Å². The molecule has 2 fully saturated rings. The van der Waals surface area contributed by atoms with E-state index in [4.69, 9.17) is 4.74 Å². The van der Waals surface area contributed by atoms with Crippen LogP contribution in [-0.4, -0.2) is 73.2 Å². The number of aromatic nitrogens is 1. The summed E-state index contributed by atoms with van der Waals surface area (Å²) >= 11 is 0. The average Bonchev–Trinajstić information content (AvgIpc) is 3.12. The number of hydrogen-bond acceptors (Lipinski definition) is 7. The minimum absolute atomic E-state index is 0.187. The Labute approximate surface area is 177 Å². The third-order valence-corrected chi connectivity index (χ3v) is 5.48. The van der Waals surface area contributed by atoms with Gasteiger partial charge in [0.1, 0.15) is 5.82 Å². The van der Waals surface area contributed by atoms with Gasteiger partial charge in [-0.1, -0.05) is 12.8 Å². The van der Waals surface area contributed by atoms with Gasteiger partial charge in [-0.05, 0) is 38.3 Å². The molecule has 9 heteroatoms. The summed E-state index contributed by atoms with van der Waals surface area (Å²) in [6, 6.07) is 3.34. The zero-order valence-corrected chi connectivity index (χ0v) is 17.6. The lowest BCUT2D eigenvalue weighted by atomic mass is 10.2. The van der Waals surface area contributed by atoms with Crippen LogP contribution in [0.3, 0.4) is 0 Å². The number of pyridine rings is 1. The van der Waals surface area contributed by atoms with Crippen LogP contribution in [0.25, 0.3) is 0 Å². The monoisotopic (exact) mass is 417 g/mol. The molecule has 0 unspecified atom stereocenters. The van der Waals surface area contributed by atoms with Crippen molar-refractivity contribution in [3.05, 3.63) is 23.9 Å². The van der Waals surface area contributed by atoms with Crippen LogP contribution >= 0.6 is 0 Å². The molecule has 2 heterocycles. The second-order valence-electron chi connectivity index (χ2n) is 7.75. The third-order valence-electron chi connectivity index (χ3n) is 5.48. The Bertz CT molecular complexity index is 733. The van der Waals surface area contributed by atoms with E-state index >= 15 is 0 Å². The van der Waals surface area contributed by atoms with Crippen LogP contribution in [0.15, 0.2) is 18.3 Å². The number of carbonyl (C=O) groups excluding carboxylic acids is 3. The van der Waals surface area contributed by atoms with Gasteiger partial charge in [0.15, 0.2) is 0 Å². The Morgan fingerprint density at radius 3 is 2.60 bits per heavy atom. The van der Waals surface area contributed by atoms with Crippen molar-refractivity contribution in [3.8, 4) is 0 Å². The Hall–Kier alpha value is -2.68. The van der Waals surface area contributed by atoms with E-state index in [0.29, 0.717) is 25.3 Å². The largest absolute Gasteiger partial charge is 0.462 e. The number of anilines is 1. The first-order valence-electron chi connectivity index (χ1n) is 10.8. The summed E-state index contributed by atoms with van der Waals surface area (Å²) in [7, 11) is 0. The highest BCUT2D eigenvalue weighted by Gasteiger charge is 2.21. The highest BCUT2D eigenvalue weighted by molar-refractivity contribution is 5.95. The van der Waals surface area contributed by atoms with Crippen LogP contribution in [0.5, 0.6) is 0 Å². The summed E-state index contributed by atoms with van der Waals surface area (Å²) in [5, 5.41) is 5.31. The molecule has 0 aromatic carbocycles. The number of hydrogen-bond donors (Lipinski definition) is 2. The first kappa shape index (κ1) is 22.0. The first-order chi connectivity index (χ1) is 14.5. The molecule has 1 saturated heterocycles. The average molecular weight is 418 g/mol. The molecule has 1 aliphatic heterocycles. The highest BCUT2D eigenvalue weighted by atomic mass is 16.5. The molecule has 1 saturated carbocycles. The van der Waals surface area contributed by atoms with Gasteiger partial charge < -0.3 is 15.0 Å². The lowest BCUT2D eigenvalue weighted by Crippen LogP contribution is -2.47. The van der Waals surface area contributed by atoms with Crippen molar-refractivity contribution in [2.75, 3.05) is 44.2 Å². The number of nitrogens with zero attached hydrogens (tertiary/aromatic N) is 3. The number of rotatable bonds is 6. The summed E-state index contributed by atoms with van der Waals surface area (Å²) in [5.74, 6) is 0.141. The minimum atomic E-state index is -0.394. The summed E-state index contributed by atoms with van der Waals surface area (Å²) in [6.07, 6.45) is 6.64. The Balaban J connectivity index is 1.44. The second-order valence-corrected chi connectivity index (χ2v) is 7.75. The van der Waals surface area contributed by atoms with Gasteiger partial charge in [0.05, 0.1) is 18.7 Å². The molecule has 3 rings (SSSR count). The van der Waals surface area contributed by atoms with Gasteiger partial charge in [0.25, 0.3) is 0 Å². The number of amides is 3. The molecular weight excluding hydrogens is 386 g/mol. The quantitative estimate of drug-likeness (QED) is 0.677. The van der Waals surface area contributed by atoms with Gasteiger partial charge in [-0.25, -0.2) is 14.6 Å². The second kappa shape index (κ2) is 10.9. The minimum Gasteiger partial charge on any atom is -0.462 e. The molecule has 9 nitrogen and oxygen atoms in total. The van der Waals surface area contributed by atoms with Crippen molar-refractivity contribution in [1.82, 2.24) is 20.5 Å². The van der Waals surface area contributed by atoms with Gasteiger partial charge >= 0.3 is 12.0 Å². The van der Waals surface area contributed by atoms with Crippen molar-refractivity contribution in [2.24, 2.45) is 0 Å². The predicted octanol–water partition coefficient (Wildman–Crippen LogP) is 1.54. The zero-order valence-electron chi connectivity index (χ0n) is 17.6. The molecule has 2 aliphatic rings. The van der Waals surface area contributed by atoms with Crippen molar-refractivity contribution in [1.29, 1.82) is 0 Å². The Morgan fingerprint density at radius 2 is 1.90 bits per heavy atom. The lowest BCUT2D eigenvalue weighted by molar-refractivity contribution is -0.121. The van der Waals surface area contributed by atoms with Gasteiger partial charge in [-0.3, -0.25) is 15.0 Å². The molecule has 0 radical (unpaired) electrons. The standard InChI is InChI=1S/C21H31N5O4/c1-2-30-20(28)16-8-9-18(22-14-16)26-11-5-10-25(12-13-26)15-19(27)24-21(29)23-17-6-3-4-7-17/h8-9,14,17H,2-7,10-13,15H2,1H3,(H2,23,24,27,29). The number of nitrogens with one attached hydrogen (secondary N) is 2. The summed E-state index contributed by atoms with van der Waals surface area (Å²) in [4.78, 5) is 44.5. The molecular formula is C21H31N5O4. The van der Waals surface area contributed by atoms with E-state index in [1.165, 1.54) is 6.20 Å². The van der Waals surface area contributed by atoms with Crippen molar-refractivity contribution >= 4 is 23.7 Å². The Kier molecular flexibility index (Phi) is 8.01. The number of esters is 1. The summed E-state index contributed by atoms with van der Waals surface area (Å²) in [6.45, 7) is 5.29. The fourth-order valence-electron chi connectivity index (χ4n) is 3.93. The third kappa shape index (κ3) is 6.41. The topological polar surface area (TPSA) is 104 Å². The lowest BCUT2D eigenvalue weighted by Gasteiger charge is -2.22. The van der Waals surface area contributed by atoms with E-state index in [0.717, 1.165) is 51.0 Å². The number of imide groups is 1. The van der Waals surface area contributed by atoms with Crippen LogP contribution in [0, 0.1) is 0 Å². The normalized spacial score (nSPS) is 18.0. The van der Waals surface area contributed by atoms with Gasteiger partial charge in [-0.2, -0.15) is 0 Å². The van der Waals surface area contributed by atoms with Crippen molar-refractivity contribution in [2.45, 2.75) is 45.1 Å². The van der Waals surface area contributed by atoms with Gasteiger partial charge in [-0.15, -0.1) is 0 Å². The molecule has 0 atom stereocenters. The SMILES string of the molecule is CCOC(=O)c1ccc(N2CCCN(CC(=O)NC(=O)NC3CCCC3)CC2)nc1. The summed E-state index contributed by atoms with van der Waals surface area (Å²) in [5.41, 5.74) is 0.435. The number of ether oxygens (including phenoxy) is 1. The molecule has 1 aliphatic carbocycles. The van der Waals surface area contributed by atoms with Crippen molar-refractivity contribution < 1.29 is 19.1 Å². The number of carbonyl (C=O) groups is 3. The molecule has 164 valence electrons. The predicted molar refractivity (Wildman–Crippen MR) is 112 cm³/mol. The number of urea groups is 1. The van der Waals surface area contributed by atoms with E-state index < -0.39 is 6.03 Å². The fraction of sp³-hybridized carbons (Fsp3) is 0.619. The van der Waals surface area contributed by atoms with Crippen LogP contribution in [0.2, 0.25) is 0 Å². The maximum absolute atomic E-state index is 12.2. The van der Waals surface area contributed by atoms with Crippen LogP contribution in [0.1, 0.15) is 49.4 Å². The molecule has 0 bridgehead atoms. The molecule has 1 aromatic rings. The molecule has 3 amide bonds. The smallest absolute Gasteiger partial charge is 0.339 e. The van der Waals surface area contributed by atoms with E-state index in [-0.39, 0.29) is 24.5 Å². The highest BCUT2D eigenvalue weighted by Crippen LogP contribution is 2.17. The van der Waals surface area contributed by atoms with E-state index in [9.17, 15) is 14.4 Å². The van der Waals surface area contributed by atoms with E-state index in [1.54, 1.807) is 13.0 Å². The van der Waals surface area contributed by atoms with Gasteiger partial charge in [0.2, 0.25) is 5.91 Å². The molecule has 1 aromatic heterocycles. The summed E-state index contributed by atoms with van der Waals surface area (Å²) < 4.78 is 4.98. The maximum atomic E-state index is 12.2.